The first-order valence-corrected chi connectivity index (χ1v) is 6.70. The zero-order chi connectivity index (χ0) is 13.6. The summed E-state index contributed by atoms with van der Waals surface area (Å²) in [7, 11) is 5.92. The van der Waals surface area contributed by atoms with E-state index in [0.717, 1.165) is 32.6 Å². The van der Waals surface area contributed by atoms with Crippen LogP contribution in [0.1, 0.15) is 0 Å². The lowest BCUT2D eigenvalue weighted by Gasteiger charge is -2.08. The molecule has 0 aliphatic heterocycles. The van der Waals surface area contributed by atoms with Crippen LogP contribution in [0.5, 0.6) is 0 Å². The summed E-state index contributed by atoms with van der Waals surface area (Å²) in [4.78, 5) is 6.34. The molecular formula is C13H14BrN5. The van der Waals surface area contributed by atoms with Crippen molar-refractivity contribution in [1.82, 2.24) is 19.7 Å². The molecule has 0 unspecified atom stereocenters. The van der Waals surface area contributed by atoms with Crippen molar-refractivity contribution in [2.24, 2.45) is 7.05 Å². The first kappa shape index (κ1) is 12.2. The molecule has 2 heterocycles. The third-order valence-corrected chi connectivity index (χ3v) is 3.88. The summed E-state index contributed by atoms with van der Waals surface area (Å²) in [5.74, 6) is 0.885. The van der Waals surface area contributed by atoms with E-state index in [1.165, 1.54) is 0 Å². The van der Waals surface area contributed by atoms with Gasteiger partial charge in [-0.2, -0.15) is 5.10 Å². The second-order valence-electron chi connectivity index (χ2n) is 4.69. The highest BCUT2D eigenvalue weighted by molar-refractivity contribution is 9.10. The summed E-state index contributed by atoms with van der Waals surface area (Å²) in [6, 6.07) is 6.20. The highest BCUT2D eigenvalue weighted by Crippen LogP contribution is 2.34. The lowest BCUT2D eigenvalue weighted by Crippen LogP contribution is -2.09. The molecule has 0 atom stereocenters. The Balaban J connectivity index is 2.14. The average Bonchev–Trinajstić information content (AvgIpc) is 2.93. The maximum absolute atomic E-state index is 4.38. The Bertz CT molecular complexity index is 741. The van der Waals surface area contributed by atoms with Crippen molar-refractivity contribution >= 4 is 32.8 Å². The van der Waals surface area contributed by atoms with E-state index >= 15 is 0 Å². The number of hydrogen-bond acceptors (Lipinski definition) is 3. The predicted molar refractivity (Wildman–Crippen MR) is 80.3 cm³/mol. The second-order valence-corrected chi connectivity index (χ2v) is 5.48. The molecule has 1 N–H and O–H groups in total. The van der Waals surface area contributed by atoms with Crippen LogP contribution >= 0.6 is 15.9 Å². The molecule has 3 rings (SSSR count). The van der Waals surface area contributed by atoms with Crippen LogP contribution in [0.15, 0.2) is 29.0 Å². The van der Waals surface area contributed by atoms with E-state index in [4.69, 9.17) is 0 Å². The van der Waals surface area contributed by atoms with Gasteiger partial charge in [0.1, 0.15) is 0 Å². The Labute approximate surface area is 119 Å². The first-order chi connectivity index (χ1) is 9.08. The van der Waals surface area contributed by atoms with E-state index in [2.05, 4.69) is 49.3 Å². The normalized spacial score (nSPS) is 11.2. The van der Waals surface area contributed by atoms with Crippen molar-refractivity contribution in [1.29, 1.82) is 0 Å². The quantitative estimate of drug-likeness (QED) is 0.790. The van der Waals surface area contributed by atoms with E-state index in [0.29, 0.717) is 0 Å². The van der Waals surface area contributed by atoms with Crippen LogP contribution in [0.2, 0.25) is 0 Å². The number of hydrogen-bond donors (Lipinski definition) is 1. The number of nitrogens with one attached hydrogen (secondary N) is 1. The lowest BCUT2D eigenvalue weighted by atomic mass is 10.1. The largest absolute Gasteiger partial charge is 0.360 e. The number of imidazole rings is 1. The van der Waals surface area contributed by atoms with Crippen LogP contribution in [0.4, 0.5) is 5.82 Å². The van der Waals surface area contributed by atoms with Crippen LogP contribution in [0.3, 0.4) is 0 Å². The van der Waals surface area contributed by atoms with Gasteiger partial charge < -0.3 is 9.47 Å². The van der Waals surface area contributed by atoms with Gasteiger partial charge in [0.15, 0.2) is 5.82 Å². The van der Waals surface area contributed by atoms with Gasteiger partial charge in [0.05, 0.1) is 27.5 Å². The van der Waals surface area contributed by atoms with E-state index in [1.807, 2.05) is 36.9 Å². The Hall–Kier alpha value is -1.82. The number of rotatable bonds is 2. The smallest absolute Gasteiger partial charge is 0.164 e. The summed E-state index contributed by atoms with van der Waals surface area (Å²) in [6.45, 7) is 0. The van der Waals surface area contributed by atoms with Crippen LogP contribution in [-0.2, 0) is 7.05 Å². The molecule has 0 aliphatic rings. The summed E-state index contributed by atoms with van der Waals surface area (Å²) in [5.41, 5.74) is 4.13. The second kappa shape index (κ2) is 4.38. The number of aromatic nitrogens is 4. The van der Waals surface area contributed by atoms with Gasteiger partial charge in [-0.1, -0.05) is 6.07 Å². The van der Waals surface area contributed by atoms with Crippen molar-refractivity contribution in [3.05, 3.63) is 29.0 Å². The molecular weight excluding hydrogens is 306 g/mol. The molecule has 98 valence electrons. The maximum Gasteiger partial charge on any atom is 0.164 e. The van der Waals surface area contributed by atoms with Crippen LogP contribution in [0, 0.1) is 0 Å². The van der Waals surface area contributed by atoms with Gasteiger partial charge in [-0.15, -0.1) is 0 Å². The van der Waals surface area contributed by atoms with Crippen molar-refractivity contribution < 1.29 is 0 Å². The maximum atomic E-state index is 4.38. The Morgan fingerprint density at radius 3 is 2.79 bits per heavy atom. The zero-order valence-corrected chi connectivity index (χ0v) is 12.6. The van der Waals surface area contributed by atoms with Crippen molar-refractivity contribution in [3.8, 4) is 11.3 Å². The number of anilines is 1. The number of aryl methyl sites for hydroxylation is 1. The van der Waals surface area contributed by atoms with Gasteiger partial charge in [0.25, 0.3) is 0 Å². The SMILES string of the molecule is CN(C)c1n[nH]c(-c2ccc3c(c2)ncn3C)c1Br. The molecule has 6 heteroatoms. The van der Waals surface area contributed by atoms with Crippen LogP contribution < -0.4 is 4.90 Å². The molecule has 0 fully saturated rings. The standard InChI is InChI=1S/C13H14BrN5/c1-18(2)13-11(14)12(16-17-13)8-4-5-10-9(6-8)15-7-19(10)3/h4-7H,1-3H3,(H,16,17). The Morgan fingerprint density at radius 2 is 2.11 bits per heavy atom. The molecule has 1 aromatic carbocycles. The number of H-pyrrole nitrogens is 1. The van der Waals surface area contributed by atoms with Crippen LogP contribution in [-0.4, -0.2) is 33.8 Å². The molecule has 0 amide bonds. The molecule has 0 bridgehead atoms. The lowest BCUT2D eigenvalue weighted by molar-refractivity contribution is 0.948. The zero-order valence-electron chi connectivity index (χ0n) is 11.0. The Morgan fingerprint density at radius 1 is 1.32 bits per heavy atom. The van der Waals surface area contributed by atoms with Gasteiger partial charge in [-0.05, 0) is 28.1 Å². The molecule has 3 aromatic rings. The van der Waals surface area contributed by atoms with E-state index in [1.54, 1.807) is 0 Å². The minimum absolute atomic E-state index is 0.885. The topological polar surface area (TPSA) is 49.7 Å². The van der Waals surface area contributed by atoms with Crippen molar-refractivity contribution in [2.75, 3.05) is 19.0 Å². The van der Waals surface area contributed by atoms with Crippen molar-refractivity contribution in [3.63, 3.8) is 0 Å². The van der Waals surface area contributed by atoms with E-state index in [-0.39, 0.29) is 0 Å². The minimum Gasteiger partial charge on any atom is -0.360 e. The van der Waals surface area contributed by atoms with Crippen LogP contribution in [0.25, 0.3) is 22.3 Å². The number of benzene rings is 1. The van der Waals surface area contributed by atoms with Gasteiger partial charge >= 0.3 is 0 Å². The average molecular weight is 320 g/mol. The number of halogens is 1. The summed E-state index contributed by atoms with van der Waals surface area (Å²) < 4.78 is 2.97. The first-order valence-electron chi connectivity index (χ1n) is 5.90. The monoisotopic (exact) mass is 319 g/mol. The Kier molecular flexibility index (Phi) is 2.82. The van der Waals surface area contributed by atoms with E-state index < -0.39 is 0 Å². The number of fused-ring (bicyclic) bond motifs is 1. The summed E-state index contributed by atoms with van der Waals surface area (Å²) in [5, 5.41) is 7.38. The fraction of sp³-hybridized carbons (Fsp3) is 0.231. The van der Waals surface area contributed by atoms with Gasteiger partial charge in [0, 0.05) is 26.7 Å². The minimum atomic E-state index is 0.885. The molecule has 0 spiro atoms. The highest BCUT2D eigenvalue weighted by atomic mass is 79.9. The van der Waals surface area contributed by atoms with E-state index in [9.17, 15) is 0 Å². The molecule has 19 heavy (non-hydrogen) atoms. The molecule has 2 aromatic heterocycles. The molecule has 5 nitrogen and oxygen atoms in total. The molecule has 0 saturated heterocycles. The number of aromatic amines is 1. The number of nitrogens with zero attached hydrogens (tertiary/aromatic N) is 4. The summed E-state index contributed by atoms with van der Waals surface area (Å²) >= 11 is 3.60. The fourth-order valence-corrected chi connectivity index (χ4v) is 2.86. The van der Waals surface area contributed by atoms with Crippen molar-refractivity contribution in [2.45, 2.75) is 0 Å². The third kappa shape index (κ3) is 1.92. The third-order valence-electron chi connectivity index (χ3n) is 3.13. The fourth-order valence-electron chi connectivity index (χ4n) is 2.10. The molecule has 0 aliphatic carbocycles. The predicted octanol–water partition coefficient (Wildman–Crippen LogP) is 2.79. The highest BCUT2D eigenvalue weighted by Gasteiger charge is 2.14. The van der Waals surface area contributed by atoms with Gasteiger partial charge in [0.2, 0.25) is 0 Å². The molecule has 0 saturated carbocycles. The van der Waals surface area contributed by atoms with Gasteiger partial charge in [-0.3, -0.25) is 5.10 Å². The molecule has 0 radical (unpaired) electrons. The summed E-state index contributed by atoms with van der Waals surface area (Å²) in [6.07, 6.45) is 1.82. The van der Waals surface area contributed by atoms with Gasteiger partial charge in [-0.25, -0.2) is 4.98 Å².